The van der Waals surface area contributed by atoms with E-state index in [1.807, 2.05) is 26.1 Å². The van der Waals surface area contributed by atoms with Gasteiger partial charge in [0, 0.05) is 12.6 Å². The predicted molar refractivity (Wildman–Crippen MR) is 73.8 cm³/mol. The maximum Gasteiger partial charge on any atom is 0.234 e. The molecule has 0 bridgehead atoms. The number of nitrogens with zero attached hydrogens (tertiary/aromatic N) is 1. The van der Waals surface area contributed by atoms with Crippen molar-refractivity contribution in [3.63, 3.8) is 0 Å². The lowest BCUT2D eigenvalue weighted by Gasteiger charge is -2.21. The van der Waals surface area contributed by atoms with Crippen LogP contribution in [0.3, 0.4) is 0 Å². The summed E-state index contributed by atoms with van der Waals surface area (Å²) in [5.41, 5.74) is 0. The van der Waals surface area contributed by atoms with Crippen molar-refractivity contribution in [2.45, 2.75) is 31.8 Å². The first-order valence-corrected chi connectivity index (χ1v) is 6.90. The van der Waals surface area contributed by atoms with Gasteiger partial charge in [0.1, 0.15) is 5.76 Å². The Morgan fingerprint density at radius 1 is 1.68 bits per heavy atom. The quantitative estimate of drug-likeness (QED) is 0.810. The minimum absolute atomic E-state index is 0.0318. The van der Waals surface area contributed by atoms with Gasteiger partial charge in [0.2, 0.25) is 5.91 Å². The molecule has 2 N–H and O–H groups in total. The van der Waals surface area contributed by atoms with Crippen LogP contribution in [0, 0.1) is 0 Å². The molecule has 2 rings (SSSR count). The van der Waals surface area contributed by atoms with Crippen LogP contribution in [0.1, 0.15) is 31.6 Å². The Hall–Kier alpha value is -1.33. The molecule has 1 aliphatic rings. The van der Waals surface area contributed by atoms with Gasteiger partial charge in [0.15, 0.2) is 0 Å². The van der Waals surface area contributed by atoms with Crippen LogP contribution in [0.2, 0.25) is 0 Å². The summed E-state index contributed by atoms with van der Waals surface area (Å²) in [6, 6.07) is 4.15. The standard InChI is InChI=1S/C14H23N3O2/c1-11(13-6-4-8-19-13)16-14(18)10-17(2)9-12-5-3-7-15-12/h4,6,8,11-12,15H,3,5,7,9-10H2,1-2H3,(H,16,18). The molecule has 0 radical (unpaired) electrons. The van der Waals surface area contributed by atoms with Gasteiger partial charge >= 0.3 is 0 Å². The summed E-state index contributed by atoms with van der Waals surface area (Å²) in [5.74, 6) is 0.817. The van der Waals surface area contributed by atoms with Crippen molar-refractivity contribution in [1.29, 1.82) is 0 Å². The predicted octanol–water partition coefficient (Wildman–Crippen LogP) is 1.14. The van der Waals surface area contributed by atoms with Crippen molar-refractivity contribution >= 4 is 5.91 Å². The van der Waals surface area contributed by atoms with Crippen molar-refractivity contribution in [1.82, 2.24) is 15.5 Å². The van der Waals surface area contributed by atoms with Gasteiger partial charge in [0.05, 0.1) is 18.8 Å². The SMILES string of the molecule is CC(NC(=O)CN(C)CC1CCCN1)c1ccco1. The van der Waals surface area contributed by atoms with Crippen molar-refractivity contribution < 1.29 is 9.21 Å². The Morgan fingerprint density at radius 3 is 3.16 bits per heavy atom. The lowest BCUT2D eigenvalue weighted by atomic mass is 10.2. The molecule has 106 valence electrons. The molecule has 1 fully saturated rings. The Labute approximate surface area is 114 Å². The van der Waals surface area contributed by atoms with Crippen molar-refractivity contribution in [3.8, 4) is 0 Å². The lowest BCUT2D eigenvalue weighted by Crippen LogP contribution is -2.41. The van der Waals surface area contributed by atoms with Crippen molar-refractivity contribution in [3.05, 3.63) is 24.2 Å². The minimum atomic E-state index is -0.0829. The summed E-state index contributed by atoms with van der Waals surface area (Å²) < 4.78 is 5.27. The Balaban J connectivity index is 1.71. The highest BCUT2D eigenvalue weighted by molar-refractivity contribution is 5.78. The summed E-state index contributed by atoms with van der Waals surface area (Å²) in [4.78, 5) is 14.0. The van der Waals surface area contributed by atoms with E-state index in [1.54, 1.807) is 6.26 Å². The molecular weight excluding hydrogens is 242 g/mol. The zero-order chi connectivity index (χ0) is 13.7. The van der Waals surface area contributed by atoms with E-state index in [2.05, 4.69) is 15.5 Å². The van der Waals surface area contributed by atoms with E-state index in [1.165, 1.54) is 12.8 Å². The highest BCUT2D eigenvalue weighted by Crippen LogP contribution is 2.12. The van der Waals surface area contributed by atoms with Gasteiger partial charge in [0.25, 0.3) is 0 Å². The highest BCUT2D eigenvalue weighted by atomic mass is 16.3. The molecule has 2 unspecified atom stereocenters. The van der Waals surface area contributed by atoms with Gasteiger partial charge in [-0.1, -0.05) is 0 Å². The summed E-state index contributed by atoms with van der Waals surface area (Å²) in [6.07, 6.45) is 4.06. The molecule has 0 aromatic carbocycles. The number of nitrogens with one attached hydrogen (secondary N) is 2. The molecule has 1 aromatic heterocycles. The van der Waals surface area contributed by atoms with Crippen molar-refractivity contribution in [2.24, 2.45) is 0 Å². The smallest absolute Gasteiger partial charge is 0.234 e. The molecule has 0 saturated carbocycles. The molecule has 1 aliphatic heterocycles. The number of hydrogen-bond acceptors (Lipinski definition) is 4. The van der Waals surface area contributed by atoms with E-state index < -0.39 is 0 Å². The molecule has 1 amide bonds. The largest absolute Gasteiger partial charge is 0.467 e. The average Bonchev–Trinajstić information content (AvgIpc) is 3.00. The molecule has 5 heteroatoms. The number of amides is 1. The normalized spacial score (nSPS) is 20.7. The minimum Gasteiger partial charge on any atom is -0.467 e. The van der Waals surface area contributed by atoms with E-state index in [9.17, 15) is 4.79 Å². The van der Waals surface area contributed by atoms with Crippen molar-refractivity contribution in [2.75, 3.05) is 26.7 Å². The second kappa shape index (κ2) is 6.73. The topological polar surface area (TPSA) is 57.5 Å². The maximum absolute atomic E-state index is 11.9. The number of carbonyl (C=O) groups excluding carboxylic acids is 1. The first-order chi connectivity index (χ1) is 9.15. The van der Waals surface area contributed by atoms with E-state index in [4.69, 9.17) is 4.42 Å². The van der Waals surface area contributed by atoms with E-state index in [-0.39, 0.29) is 11.9 Å². The Bertz CT molecular complexity index is 385. The van der Waals surface area contributed by atoms with E-state index >= 15 is 0 Å². The molecule has 1 aromatic rings. The lowest BCUT2D eigenvalue weighted by molar-refractivity contribution is -0.122. The third-order valence-corrected chi connectivity index (χ3v) is 3.46. The molecule has 2 atom stereocenters. The van der Waals surface area contributed by atoms with Gasteiger partial charge in [-0.2, -0.15) is 0 Å². The van der Waals surface area contributed by atoms with Crippen LogP contribution >= 0.6 is 0 Å². The summed E-state index contributed by atoms with van der Waals surface area (Å²) >= 11 is 0. The second-order valence-corrected chi connectivity index (χ2v) is 5.29. The molecule has 0 aliphatic carbocycles. The zero-order valence-corrected chi connectivity index (χ0v) is 11.7. The third kappa shape index (κ3) is 4.36. The number of hydrogen-bond donors (Lipinski definition) is 2. The summed E-state index contributed by atoms with van der Waals surface area (Å²) in [7, 11) is 1.98. The average molecular weight is 265 g/mol. The summed E-state index contributed by atoms with van der Waals surface area (Å²) in [6.45, 7) is 4.36. The Kier molecular flexibility index (Phi) is 4.99. The number of furan rings is 1. The molecular formula is C14H23N3O2. The second-order valence-electron chi connectivity index (χ2n) is 5.29. The molecule has 0 spiro atoms. The molecule has 19 heavy (non-hydrogen) atoms. The fourth-order valence-electron chi connectivity index (χ4n) is 2.49. The van der Waals surface area contributed by atoms with Gasteiger partial charge in [-0.15, -0.1) is 0 Å². The zero-order valence-electron chi connectivity index (χ0n) is 11.7. The molecule has 2 heterocycles. The van der Waals surface area contributed by atoms with Gasteiger partial charge in [-0.3, -0.25) is 9.69 Å². The fraction of sp³-hybridized carbons (Fsp3) is 0.643. The van der Waals surface area contributed by atoms with E-state index in [0.717, 1.165) is 18.8 Å². The number of likely N-dealkylation sites (N-methyl/N-ethyl adjacent to an activating group) is 1. The fourth-order valence-corrected chi connectivity index (χ4v) is 2.49. The van der Waals surface area contributed by atoms with Crippen LogP contribution in [0.15, 0.2) is 22.8 Å². The third-order valence-electron chi connectivity index (χ3n) is 3.46. The first-order valence-electron chi connectivity index (χ1n) is 6.90. The van der Waals surface area contributed by atoms with Gasteiger partial charge in [-0.05, 0) is 45.5 Å². The van der Waals surface area contributed by atoms with E-state index in [0.29, 0.717) is 12.6 Å². The first kappa shape index (κ1) is 14.1. The highest BCUT2D eigenvalue weighted by Gasteiger charge is 2.18. The number of rotatable bonds is 6. The molecule has 5 nitrogen and oxygen atoms in total. The molecule has 1 saturated heterocycles. The number of carbonyl (C=O) groups is 1. The monoisotopic (exact) mass is 265 g/mol. The maximum atomic E-state index is 11.9. The summed E-state index contributed by atoms with van der Waals surface area (Å²) in [5, 5.41) is 6.38. The van der Waals surface area contributed by atoms with Gasteiger partial charge in [-0.25, -0.2) is 0 Å². The van der Waals surface area contributed by atoms with Crippen LogP contribution < -0.4 is 10.6 Å². The van der Waals surface area contributed by atoms with Crippen LogP contribution in [0.4, 0.5) is 0 Å². The van der Waals surface area contributed by atoms with Crippen LogP contribution in [0.5, 0.6) is 0 Å². The van der Waals surface area contributed by atoms with Crippen LogP contribution in [-0.2, 0) is 4.79 Å². The van der Waals surface area contributed by atoms with Gasteiger partial charge < -0.3 is 15.1 Å². The van der Waals surface area contributed by atoms with Crippen LogP contribution in [0.25, 0.3) is 0 Å². The van der Waals surface area contributed by atoms with Crippen LogP contribution in [-0.4, -0.2) is 43.5 Å². The Morgan fingerprint density at radius 2 is 2.53 bits per heavy atom.